The van der Waals surface area contributed by atoms with Gasteiger partial charge in [-0.3, -0.25) is 9.48 Å². The third-order valence-corrected chi connectivity index (χ3v) is 4.35. The van der Waals surface area contributed by atoms with Crippen molar-refractivity contribution >= 4 is 23.5 Å². The number of amides is 1. The highest BCUT2D eigenvalue weighted by Crippen LogP contribution is 2.25. The molecule has 0 saturated carbocycles. The van der Waals surface area contributed by atoms with E-state index in [2.05, 4.69) is 5.10 Å². The van der Waals surface area contributed by atoms with Crippen molar-refractivity contribution in [2.24, 2.45) is 7.05 Å². The zero-order valence-electron chi connectivity index (χ0n) is 12.9. The van der Waals surface area contributed by atoms with E-state index in [1.165, 1.54) is 7.11 Å². The standard InChI is InChI=1S/C16H16ClN3O3/c1-19-13-9-20(15(21)10-5-3-4-6-12(10)17)8-7-11(13)14(18-19)16(22)23-2/h3-6H,7-9H2,1-2H3. The Morgan fingerprint density at radius 2 is 2.04 bits per heavy atom. The smallest absolute Gasteiger partial charge is 0.358 e. The van der Waals surface area contributed by atoms with Crippen molar-refractivity contribution in [3.63, 3.8) is 0 Å². The van der Waals surface area contributed by atoms with Gasteiger partial charge in [0.15, 0.2) is 5.69 Å². The second-order valence-corrected chi connectivity index (χ2v) is 5.75. The number of methoxy groups -OCH3 is 1. The van der Waals surface area contributed by atoms with Gasteiger partial charge in [0, 0.05) is 19.2 Å². The molecule has 0 unspecified atom stereocenters. The Labute approximate surface area is 138 Å². The summed E-state index contributed by atoms with van der Waals surface area (Å²) in [6.07, 6.45) is 0.559. The fourth-order valence-corrected chi connectivity index (χ4v) is 3.03. The number of nitrogens with zero attached hydrogens (tertiary/aromatic N) is 3. The molecule has 1 aliphatic rings. The van der Waals surface area contributed by atoms with Crippen LogP contribution in [0.25, 0.3) is 0 Å². The van der Waals surface area contributed by atoms with E-state index in [0.717, 1.165) is 11.3 Å². The minimum absolute atomic E-state index is 0.123. The number of esters is 1. The van der Waals surface area contributed by atoms with Crippen LogP contribution in [0.3, 0.4) is 0 Å². The summed E-state index contributed by atoms with van der Waals surface area (Å²) in [7, 11) is 3.09. The topological polar surface area (TPSA) is 64.4 Å². The van der Waals surface area contributed by atoms with E-state index < -0.39 is 5.97 Å². The normalized spacial score (nSPS) is 13.6. The third-order valence-electron chi connectivity index (χ3n) is 4.02. The number of halogens is 1. The predicted octanol–water partition coefficient (Wildman–Crippen LogP) is 2.06. The number of ether oxygens (including phenoxy) is 1. The Morgan fingerprint density at radius 1 is 1.30 bits per heavy atom. The third kappa shape index (κ3) is 2.70. The first kappa shape index (κ1) is 15.6. The number of fused-ring (bicyclic) bond motifs is 1. The Hall–Kier alpha value is -2.34. The van der Waals surface area contributed by atoms with E-state index in [-0.39, 0.29) is 5.91 Å². The van der Waals surface area contributed by atoms with Crippen LogP contribution in [-0.4, -0.2) is 40.2 Å². The van der Waals surface area contributed by atoms with Gasteiger partial charge in [0.2, 0.25) is 0 Å². The van der Waals surface area contributed by atoms with E-state index in [1.54, 1.807) is 40.9 Å². The van der Waals surface area contributed by atoms with Gasteiger partial charge in [-0.2, -0.15) is 5.10 Å². The quantitative estimate of drug-likeness (QED) is 0.789. The second kappa shape index (κ2) is 6.04. The molecular formula is C16H16ClN3O3. The highest BCUT2D eigenvalue weighted by atomic mass is 35.5. The van der Waals surface area contributed by atoms with Crippen molar-refractivity contribution in [1.82, 2.24) is 14.7 Å². The lowest BCUT2D eigenvalue weighted by Crippen LogP contribution is -2.37. The molecule has 2 heterocycles. The molecule has 2 aromatic rings. The number of carbonyl (C=O) groups excluding carboxylic acids is 2. The Morgan fingerprint density at radius 3 is 2.74 bits per heavy atom. The molecule has 0 fully saturated rings. The molecule has 0 bridgehead atoms. The van der Waals surface area contributed by atoms with Gasteiger partial charge in [0.25, 0.3) is 5.91 Å². The molecule has 3 rings (SSSR count). The average molecular weight is 334 g/mol. The summed E-state index contributed by atoms with van der Waals surface area (Å²) < 4.78 is 6.39. The second-order valence-electron chi connectivity index (χ2n) is 5.35. The molecule has 6 nitrogen and oxygen atoms in total. The van der Waals surface area contributed by atoms with Crippen LogP contribution in [0.2, 0.25) is 5.02 Å². The molecule has 0 aliphatic carbocycles. The zero-order valence-corrected chi connectivity index (χ0v) is 13.6. The summed E-state index contributed by atoms with van der Waals surface area (Å²) in [5.41, 5.74) is 2.50. The fourth-order valence-electron chi connectivity index (χ4n) is 2.81. The Kier molecular flexibility index (Phi) is 4.09. The molecule has 1 amide bonds. The van der Waals surface area contributed by atoms with Gasteiger partial charge in [-0.25, -0.2) is 4.79 Å². The summed E-state index contributed by atoms with van der Waals surface area (Å²) in [6.45, 7) is 0.895. The lowest BCUT2D eigenvalue weighted by molar-refractivity contribution is 0.0591. The molecule has 120 valence electrons. The van der Waals surface area contributed by atoms with Crippen LogP contribution >= 0.6 is 11.6 Å². The fraction of sp³-hybridized carbons (Fsp3) is 0.312. The summed E-state index contributed by atoms with van der Waals surface area (Å²) >= 11 is 6.11. The van der Waals surface area contributed by atoms with Gasteiger partial charge < -0.3 is 9.64 Å². The van der Waals surface area contributed by atoms with Crippen LogP contribution in [0, 0.1) is 0 Å². The average Bonchev–Trinajstić information content (AvgIpc) is 2.90. The zero-order chi connectivity index (χ0) is 16.6. The van der Waals surface area contributed by atoms with Gasteiger partial charge >= 0.3 is 5.97 Å². The number of rotatable bonds is 2. The van der Waals surface area contributed by atoms with Crippen LogP contribution in [0.1, 0.15) is 32.1 Å². The van der Waals surface area contributed by atoms with Gasteiger partial charge in [0.1, 0.15) is 0 Å². The number of benzene rings is 1. The largest absolute Gasteiger partial charge is 0.464 e. The molecule has 0 saturated heterocycles. The number of aromatic nitrogens is 2. The van der Waals surface area contributed by atoms with E-state index in [1.807, 2.05) is 0 Å². The minimum Gasteiger partial charge on any atom is -0.464 e. The maximum absolute atomic E-state index is 12.7. The summed E-state index contributed by atoms with van der Waals surface area (Å²) in [6, 6.07) is 6.98. The molecule has 1 aromatic carbocycles. The molecule has 0 spiro atoms. The van der Waals surface area contributed by atoms with Crippen LogP contribution in [-0.2, 0) is 24.8 Å². The van der Waals surface area contributed by atoms with Crippen molar-refractivity contribution in [1.29, 1.82) is 0 Å². The maximum atomic E-state index is 12.7. The SMILES string of the molecule is COC(=O)c1nn(C)c2c1CCN(C(=O)c1ccccc1Cl)C2. The van der Waals surface area contributed by atoms with E-state index in [0.29, 0.717) is 35.8 Å². The van der Waals surface area contributed by atoms with Crippen LogP contribution in [0.4, 0.5) is 0 Å². The first-order valence-corrected chi connectivity index (χ1v) is 7.57. The van der Waals surface area contributed by atoms with Crippen molar-refractivity contribution in [2.75, 3.05) is 13.7 Å². The molecule has 1 aliphatic heterocycles. The monoisotopic (exact) mass is 333 g/mol. The van der Waals surface area contributed by atoms with Crippen molar-refractivity contribution < 1.29 is 14.3 Å². The van der Waals surface area contributed by atoms with E-state index in [9.17, 15) is 9.59 Å². The Bertz CT molecular complexity index is 785. The van der Waals surface area contributed by atoms with Gasteiger partial charge in [-0.1, -0.05) is 23.7 Å². The highest BCUT2D eigenvalue weighted by molar-refractivity contribution is 6.33. The van der Waals surface area contributed by atoms with Gasteiger partial charge in [0.05, 0.1) is 29.9 Å². The van der Waals surface area contributed by atoms with Crippen LogP contribution in [0.15, 0.2) is 24.3 Å². The van der Waals surface area contributed by atoms with E-state index >= 15 is 0 Å². The van der Waals surface area contributed by atoms with Crippen molar-refractivity contribution in [3.8, 4) is 0 Å². The van der Waals surface area contributed by atoms with Crippen molar-refractivity contribution in [3.05, 3.63) is 51.8 Å². The first-order valence-electron chi connectivity index (χ1n) is 7.19. The lowest BCUT2D eigenvalue weighted by atomic mass is 10.0. The van der Waals surface area contributed by atoms with Crippen LogP contribution in [0.5, 0.6) is 0 Å². The minimum atomic E-state index is -0.451. The molecule has 23 heavy (non-hydrogen) atoms. The molecule has 0 atom stereocenters. The van der Waals surface area contributed by atoms with Gasteiger partial charge in [-0.15, -0.1) is 0 Å². The lowest BCUT2D eigenvalue weighted by Gasteiger charge is -2.28. The van der Waals surface area contributed by atoms with E-state index in [4.69, 9.17) is 16.3 Å². The van der Waals surface area contributed by atoms with Crippen LogP contribution < -0.4 is 0 Å². The predicted molar refractivity (Wildman–Crippen MR) is 84.4 cm³/mol. The number of aryl methyl sites for hydroxylation is 1. The number of carbonyl (C=O) groups is 2. The molecule has 7 heteroatoms. The number of hydrogen-bond acceptors (Lipinski definition) is 4. The Balaban J connectivity index is 1.89. The first-order chi connectivity index (χ1) is 11.0. The molecular weight excluding hydrogens is 318 g/mol. The molecule has 0 radical (unpaired) electrons. The molecule has 0 N–H and O–H groups in total. The summed E-state index contributed by atoms with van der Waals surface area (Å²) in [4.78, 5) is 26.2. The summed E-state index contributed by atoms with van der Waals surface area (Å²) in [5, 5.41) is 4.66. The van der Waals surface area contributed by atoms with Crippen molar-refractivity contribution in [2.45, 2.75) is 13.0 Å². The number of hydrogen-bond donors (Lipinski definition) is 0. The molecule has 1 aromatic heterocycles. The maximum Gasteiger partial charge on any atom is 0.358 e. The summed E-state index contributed by atoms with van der Waals surface area (Å²) in [5.74, 6) is -0.574. The van der Waals surface area contributed by atoms with Gasteiger partial charge in [-0.05, 0) is 18.6 Å². The highest BCUT2D eigenvalue weighted by Gasteiger charge is 2.30.